The zero-order valence-corrected chi connectivity index (χ0v) is 18.1. The minimum absolute atomic E-state index is 0.0324. The maximum atomic E-state index is 12.7. The van der Waals surface area contributed by atoms with Crippen LogP contribution in [0.2, 0.25) is 0 Å². The van der Waals surface area contributed by atoms with E-state index in [0.717, 1.165) is 55.3 Å². The van der Waals surface area contributed by atoms with Gasteiger partial charge in [0, 0.05) is 44.1 Å². The summed E-state index contributed by atoms with van der Waals surface area (Å²) in [5.74, 6) is 0.778. The zero-order chi connectivity index (χ0) is 21.6. The van der Waals surface area contributed by atoms with E-state index in [1.165, 1.54) is 0 Å². The number of aromatic nitrogens is 3. The molecule has 3 heterocycles. The van der Waals surface area contributed by atoms with Crippen LogP contribution in [0.3, 0.4) is 0 Å². The lowest BCUT2D eigenvalue weighted by Gasteiger charge is -2.31. The second kappa shape index (κ2) is 9.75. The monoisotopic (exact) mass is 419 g/mol. The second-order valence-corrected chi connectivity index (χ2v) is 8.14. The topological polar surface area (TPSA) is 74.3 Å². The SMILES string of the molecule is Cc1cc(CN(C)C(=O)c2ccc(OC3CCN(Cc4ccccn4)CC3)cc2)n[nH]1. The molecule has 0 radical (unpaired) electrons. The molecule has 1 N–H and O–H groups in total. The number of hydrogen-bond acceptors (Lipinski definition) is 5. The minimum atomic E-state index is -0.0324. The molecule has 0 saturated carbocycles. The standard InChI is InChI=1S/C24H29N5O2/c1-18-15-21(27-26-18)16-28(2)24(30)19-6-8-22(9-7-19)31-23-10-13-29(14-11-23)17-20-5-3-4-12-25-20/h3-9,12,15,23H,10-11,13-14,16-17H2,1-2H3,(H,26,27). The van der Waals surface area contributed by atoms with Crippen molar-refractivity contribution in [2.75, 3.05) is 20.1 Å². The third kappa shape index (κ3) is 5.70. The number of nitrogens with one attached hydrogen (secondary N) is 1. The van der Waals surface area contributed by atoms with Crippen LogP contribution in [-0.2, 0) is 13.1 Å². The third-order valence-corrected chi connectivity index (χ3v) is 5.56. The molecular weight excluding hydrogens is 390 g/mol. The Labute approximate surface area is 183 Å². The molecule has 1 amide bonds. The van der Waals surface area contributed by atoms with Gasteiger partial charge in [0.15, 0.2) is 0 Å². The van der Waals surface area contributed by atoms with Crippen molar-refractivity contribution in [3.05, 3.63) is 77.4 Å². The Kier molecular flexibility index (Phi) is 6.62. The first-order chi connectivity index (χ1) is 15.1. The summed E-state index contributed by atoms with van der Waals surface area (Å²) in [5.41, 5.74) is 3.59. The number of amides is 1. The number of hydrogen-bond donors (Lipinski definition) is 1. The van der Waals surface area contributed by atoms with Gasteiger partial charge >= 0.3 is 0 Å². The summed E-state index contributed by atoms with van der Waals surface area (Å²) >= 11 is 0. The molecule has 1 aromatic carbocycles. The summed E-state index contributed by atoms with van der Waals surface area (Å²) < 4.78 is 6.17. The third-order valence-electron chi connectivity index (χ3n) is 5.56. The van der Waals surface area contributed by atoms with Gasteiger partial charge in [-0.2, -0.15) is 5.10 Å². The van der Waals surface area contributed by atoms with Crippen molar-refractivity contribution in [1.82, 2.24) is 25.0 Å². The first-order valence-electron chi connectivity index (χ1n) is 10.7. The van der Waals surface area contributed by atoms with Crippen molar-refractivity contribution < 1.29 is 9.53 Å². The van der Waals surface area contributed by atoms with E-state index in [-0.39, 0.29) is 12.0 Å². The molecule has 1 saturated heterocycles. The molecule has 31 heavy (non-hydrogen) atoms. The highest BCUT2D eigenvalue weighted by Gasteiger charge is 2.21. The smallest absolute Gasteiger partial charge is 0.253 e. The van der Waals surface area contributed by atoms with E-state index < -0.39 is 0 Å². The molecule has 0 atom stereocenters. The van der Waals surface area contributed by atoms with Crippen LogP contribution in [0, 0.1) is 6.92 Å². The number of likely N-dealkylation sites (tertiary alicyclic amines) is 1. The number of H-pyrrole nitrogens is 1. The van der Waals surface area contributed by atoms with Crippen LogP contribution in [-0.4, -0.2) is 57.1 Å². The summed E-state index contributed by atoms with van der Waals surface area (Å²) in [5, 5.41) is 7.10. The van der Waals surface area contributed by atoms with Crippen molar-refractivity contribution >= 4 is 5.91 Å². The highest BCUT2D eigenvalue weighted by atomic mass is 16.5. The molecule has 1 aliphatic heterocycles. The molecule has 2 aromatic heterocycles. The van der Waals surface area contributed by atoms with Gasteiger partial charge in [0.05, 0.1) is 17.9 Å². The second-order valence-electron chi connectivity index (χ2n) is 8.14. The van der Waals surface area contributed by atoms with E-state index in [2.05, 4.69) is 26.1 Å². The lowest BCUT2D eigenvalue weighted by molar-refractivity contribution is 0.0783. The van der Waals surface area contributed by atoms with Gasteiger partial charge in [0.1, 0.15) is 11.9 Å². The summed E-state index contributed by atoms with van der Waals surface area (Å²) in [6.45, 7) is 5.29. The van der Waals surface area contributed by atoms with Gasteiger partial charge in [-0.1, -0.05) is 6.07 Å². The average molecular weight is 420 g/mol. The number of benzene rings is 1. The molecule has 0 aliphatic carbocycles. The Hall–Kier alpha value is -3.19. The molecule has 0 spiro atoms. The summed E-state index contributed by atoms with van der Waals surface area (Å²) in [4.78, 5) is 21.2. The first-order valence-corrected chi connectivity index (χ1v) is 10.7. The normalized spacial score (nSPS) is 15.0. The molecule has 7 nitrogen and oxygen atoms in total. The average Bonchev–Trinajstić information content (AvgIpc) is 3.20. The van der Waals surface area contributed by atoms with Crippen LogP contribution in [0.15, 0.2) is 54.7 Å². The molecule has 0 bridgehead atoms. The Bertz CT molecular complexity index is 979. The molecule has 4 rings (SSSR count). The number of rotatable bonds is 7. The Morgan fingerprint density at radius 2 is 1.94 bits per heavy atom. The fraction of sp³-hybridized carbons (Fsp3) is 0.375. The summed E-state index contributed by atoms with van der Waals surface area (Å²) in [6.07, 6.45) is 4.01. The number of nitrogens with zero attached hydrogens (tertiary/aromatic N) is 4. The number of piperidine rings is 1. The predicted octanol–water partition coefficient (Wildman–Crippen LogP) is 3.43. The lowest BCUT2D eigenvalue weighted by Crippen LogP contribution is -2.37. The van der Waals surface area contributed by atoms with E-state index in [9.17, 15) is 4.79 Å². The van der Waals surface area contributed by atoms with Crippen LogP contribution in [0.25, 0.3) is 0 Å². The zero-order valence-electron chi connectivity index (χ0n) is 18.1. The maximum absolute atomic E-state index is 12.7. The van der Waals surface area contributed by atoms with Crippen molar-refractivity contribution in [2.45, 2.75) is 39.0 Å². The van der Waals surface area contributed by atoms with Crippen molar-refractivity contribution in [3.8, 4) is 5.75 Å². The quantitative estimate of drug-likeness (QED) is 0.635. The number of pyridine rings is 1. The van der Waals surface area contributed by atoms with Gasteiger partial charge < -0.3 is 9.64 Å². The van der Waals surface area contributed by atoms with E-state index >= 15 is 0 Å². The number of aryl methyl sites for hydroxylation is 1. The Balaban J connectivity index is 1.25. The number of carbonyl (C=O) groups is 1. The van der Waals surface area contributed by atoms with Gasteiger partial charge in [-0.3, -0.25) is 19.8 Å². The Morgan fingerprint density at radius 1 is 1.16 bits per heavy atom. The van der Waals surface area contributed by atoms with Gasteiger partial charge in [0.25, 0.3) is 5.91 Å². The van der Waals surface area contributed by atoms with Gasteiger partial charge in [0.2, 0.25) is 0 Å². The largest absolute Gasteiger partial charge is 0.490 e. The molecule has 3 aromatic rings. The van der Waals surface area contributed by atoms with Crippen molar-refractivity contribution in [1.29, 1.82) is 0 Å². The number of aromatic amines is 1. The Morgan fingerprint density at radius 3 is 2.58 bits per heavy atom. The van der Waals surface area contributed by atoms with Crippen molar-refractivity contribution in [2.24, 2.45) is 0 Å². The fourth-order valence-corrected chi connectivity index (χ4v) is 3.87. The van der Waals surface area contributed by atoms with E-state index in [1.54, 1.807) is 11.9 Å². The fourth-order valence-electron chi connectivity index (χ4n) is 3.87. The molecule has 7 heteroatoms. The molecule has 1 fully saturated rings. The van der Waals surface area contributed by atoms with Gasteiger partial charge in [-0.25, -0.2) is 0 Å². The minimum Gasteiger partial charge on any atom is -0.490 e. The van der Waals surface area contributed by atoms with Crippen LogP contribution in [0.5, 0.6) is 5.75 Å². The summed E-state index contributed by atoms with van der Waals surface area (Å²) in [7, 11) is 1.79. The van der Waals surface area contributed by atoms with Crippen molar-refractivity contribution in [3.63, 3.8) is 0 Å². The van der Waals surface area contributed by atoms with Crippen LogP contribution >= 0.6 is 0 Å². The predicted molar refractivity (Wildman–Crippen MR) is 119 cm³/mol. The number of ether oxygens (including phenoxy) is 1. The molecule has 0 unspecified atom stereocenters. The van der Waals surface area contributed by atoms with Gasteiger partial charge in [-0.05, 0) is 62.2 Å². The highest BCUT2D eigenvalue weighted by molar-refractivity contribution is 5.94. The summed E-state index contributed by atoms with van der Waals surface area (Å²) in [6, 6.07) is 15.4. The van der Waals surface area contributed by atoms with E-state index in [1.807, 2.05) is 55.6 Å². The molecule has 162 valence electrons. The van der Waals surface area contributed by atoms with Crippen LogP contribution < -0.4 is 4.74 Å². The lowest BCUT2D eigenvalue weighted by atomic mass is 10.1. The van der Waals surface area contributed by atoms with Gasteiger partial charge in [-0.15, -0.1) is 0 Å². The van der Waals surface area contributed by atoms with E-state index in [4.69, 9.17) is 4.74 Å². The maximum Gasteiger partial charge on any atom is 0.253 e. The first kappa shape index (κ1) is 21.1. The highest BCUT2D eigenvalue weighted by Crippen LogP contribution is 2.21. The number of carbonyl (C=O) groups excluding carboxylic acids is 1. The van der Waals surface area contributed by atoms with Crippen LogP contribution in [0.4, 0.5) is 0 Å². The molecular formula is C24H29N5O2. The van der Waals surface area contributed by atoms with Crippen LogP contribution in [0.1, 0.15) is 40.3 Å². The van der Waals surface area contributed by atoms with E-state index in [0.29, 0.717) is 12.1 Å². The molecule has 1 aliphatic rings.